The van der Waals surface area contributed by atoms with Crippen molar-refractivity contribution in [2.24, 2.45) is 0 Å². The van der Waals surface area contributed by atoms with Gasteiger partial charge in [-0.25, -0.2) is 8.42 Å². The minimum absolute atomic E-state index is 0.160. The number of hydrogen-bond acceptors (Lipinski definition) is 4. The number of sulfonamides is 1. The fourth-order valence-electron chi connectivity index (χ4n) is 3.51. The van der Waals surface area contributed by atoms with Crippen LogP contribution in [0.5, 0.6) is 0 Å². The first-order chi connectivity index (χ1) is 11.5. The molecule has 0 radical (unpaired) electrons. The van der Waals surface area contributed by atoms with Crippen LogP contribution in [-0.2, 0) is 27.7 Å². The Bertz CT molecular complexity index is 709. The van der Waals surface area contributed by atoms with Crippen LogP contribution >= 0.6 is 0 Å². The molecular weight excluding hydrogens is 328 g/mol. The van der Waals surface area contributed by atoms with Crippen LogP contribution in [-0.4, -0.2) is 61.4 Å². The molecule has 1 aromatic rings. The van der Waals surface area contributed by atoms with E-state index >= 15 is 0 Å². The third-order valence-corrected chi connectivity index (χ3v) is 6.80. The van der Waals surface area contributed by atoms with Crippen LogP contribution in [0.1, 0.15) is 30.4 Å². The van der Waals surface area contributed by atoms with Gasteiger partial charge in [0.05, 0.1) is 4.90 Å². The molecule has 1 aliphatic heterocycles. The molecule has 7 heteroatoms. The average molecular weight is 352 g/mol. The predicted octanol–water partition coefficient (Wildman–Crippen LogP) is 1.35. The van der Waals surface area contributed by atoms with E-state index in [2.05, 4.69) is 4.90 Å². The zero-order chi connectivity index (χ0) is 17.2. The fraction of sp³-hybridized carbons (Fsp3) is 0.588. The molecule has 1 heterocycles. The van der Waals surface area contributed by atoms with Gasteiger partial charge in [-0.3, -0.25) is 4.79 Å². The van der Waals surface area contributed by atoms with E-state index in [9.17, 15) is 13.2 Å². The summed E-state index contributed by atoms with van der Waals surface area (Å²) < 4.78 is 27.2. The molecule has 24 heavy (non-hydrogen) atoms. The van der Waals surface area contributed by atoms with Gasteiger partial charge in [0.25, 0.3) is 0 Å². The van der Waals surface area contributed by atoms with Gasteiger partial charge < -0.3 is 10.0 Å². The van der Waals surface area contributed by atoms with Gasteiger partial charge in [-0.15, -0.1) is 0 Å². The van der Waals surface area contributed by atoms with Crippen LogP contribution in [0, 0.1) is 0 Å². The Morgan fingerprint density at radius 2 is 1.79 bits per heavy atom. The SMILES string of the molecule is O=C(O)CCCN1CCN(S(=O)(=O)c2ccc3c(c2)CCC3)CC1. The quantitative estimate of drug-likeness (QED) is 0.836. The number of carbonyl (C=O) groups is 1. The van der Waals surface area contributed by atoms with Crippen LogP contribution < -0.4 is 0 Å². The molecule has 1 aromatic carbocycles. The number of carboxylic acid groups (broad SMARTS) is 1. The van der Waals surface area contributed by atoms with Crippen molar-refractivity contribution in [3.8, 4) is 0 Å². The second-order valence-electron chi connectivity index (χ2n) is 6.53. The van der Waals surface area contributed by atoms with Crippen LogP contribution in [0.3, 0.4) is 0 Å². The Labute approximate surface area is 143 Å². The highest BCUT2D eigenvalue weighted by atomic mass is 32.2. The molecule has 0 amide bonds. The summed E-state index contributed by atoms with van der Waals surface area (Å²) in [5.74, 6) is -0.784. The Kier molecular flexibility index (Phi) is 5.22. The molecule has 6 nitrogen and oxygen atoms in total. The van der Waals surface area contributed by atoms with Crippen LogP contribution in [0.2, 0.25) is 0 Å². The topological polar surface area (TPSA) is 77.9 Å². The van der Waals surface area contributed by atoms with Crippen molar-refractivity contribution in [3.63, 3.8) is 0 Å². The number of nitrogens with zero attached hydrogens (tertiary/aromatic N) is 2. The van der Waals surface area contributed by atoms with Crippen LogP contribution in [0.25, 0.3) is 0 Å². The van der Waals surface area contributed by atoms with E-state index in [-0.39, 0.29) is 6.42 Å². The molecule has 1 N–H and O–H groups in total. The van der Waals surface area contributed by atoms with Crippen molar-refractivity contribution in [1.29, 1.82) is 0 Å². The highest BCUT2D eigenvalue weighted by molar-refractivity contribution is 7.89. The maximum Gasteiger partial charge on any atom is 0.303 e. The minimum atomic E-state index is -3.43. The number of carboxylic acids is 1. The maximum absolute atomic E-state index is 12.8. The average Bonchev–Trinajstić information content (AvgIpc) is 3.02. The van der Waals surface area contributed by atoms with Gasteiger partial charge in [0, 0.05) is 32.6 Å². The predicted molar refractivity (Wildman–Crippen MR) is 90.5 cm³/mol. The minimum Gasteiger partial charge on any atom is -0.481 e. The zero-order valence-corrected chi connectivity index (χ0v) is 14.6. The molecule has 2 aliphatic rings. The molecule has 3 rings (SSSR count). The summed E-state index contributed by atoms with van der Waals surface area (Å²) in [6.45, 7) is 2.95. The number of aryl methyl sites for hydroxylation is 2. The van der Waals surface area contributed by atoms with Crippen LogP contribution in [0.15, 0.2) is 23.1 Å². The smallest absolute Gasteiger partial charge is 0.303 e. The largest absolute Gasteiger partial charge is 0.481 e. The van der Waals surface area contributed by atoms with Gasteiger partial charge in [0.2, 0.25) is 10.0 Å². The van der Waals surface area contributed by atoms with Crippen LogP contribution in [0.4, 0.5) is 0 Å². The lowest BCUT2D eigenvalue weighted by molar-refractivity contribution is -0.137. The second kappa shape index (κ2) is 7.21. The lowest BCUT2D eigenvalue weighted by atomic mass is 10.1. The molecule has 132 valence electrons. The van der Waals surface area contributed by atoms with E-state index in [1.165, 1.54) is 11.1 Å². The van der Waals surface area contributed by atoms with Gasteiger partial charge in [-0.2, -0.15) is 4.31 Å². The fourth-order valence-corrected chi connectivity index (χ4v) is 4.98. The summed E-state index contributed by atoms with van der Waals surface area (Å²) in [7, 11) is -3.43. The second-order valence-corrected chi connectivity index (χ2v) is 8.47. The molecular formula is C17H24N2O4S. The Morgan fingerprint density at radius 3 is 2.50 bits per heavy atom. The van der Waals surface area contributed by atoms with E-state index < -0.39 is 16.0 Å². The summed E-state index contributed by atoms with van der Waals surface area (Å²) in [5.41, 5.74) is 2.44. The first kappa shape index (κ1) is 17.4. The number of hydrogen-bond donors (Lipinski definition) is 1. The molecule has 0 spiro atoms. The van der Waals surface area contributed by atoms with Gasteiger partial charge in [0.15, 0.2) is 0 Å². The van der Waals surface area contributed by atoms with Crippen molar-refractivity contribution in [2.75, 3.05) is 32.7 Å². The van der Waals surface area contributed by atoms with Gasteiger partial charge in [-0.1, -0.05) is 6.07 Å². The lowest BCUT2D eigenvalue weighted by Crippen LogP contribution is -2.48. The molecule has 0 unspecified atom stereocenters. The van der Waals surface area contributed by atoms with Crippen molar-refractivity contribution >= 4 is 16.0 Å². The summed E-state index contributed by atoms with van der Waals surface area (Å²) in [6.07, 6.45) is 3.88. The standard InChI is InChI=1S/C17H24N2O4S/c20-17(21)5-2-8-18-9-11-19(12-10-18)24(22,23)16-7-6-14-3-1-4-15(14)13-16/h6-7,13H,1-5,8-12H2,(H,20,21). The monoisotopic (exact) mass is 352 g/mol. The van der Waals surface area contributed by atoms with Crippen molar-refractivity contribution < 1.29 is 18.3 Å². The summed E-state index contributed by atoms with van der Waals surface area (Å²) in [4.78, 5) is 13.1. The van der Waals surface area contributed by atoms with Gasteiger partial charge in [0.1, 0.15) is 0 Å². The Morgan fingerprint density at radius 1 is 1.08 bits per heavy atom. The normalized spacial score (nSPS) is 19.3. The molecule has 1 fully saturated rings. The first-order valence-electron chi connectivity index (χ1n) is 8.53. The van der Waals surface area contributed by atoms with E-state index in [1.54, 1.807) is 10.4 Å². The highest BCUT2D eigenvalue weighted by Gasteiger charge is 2.29. The summed E-state index contributed by atoms with van der Waals surface area (Å²) >= 11 is 0. The third kappa shape index (κ3) is 3.79. The number of piperazine rings is 1. The Balaban J connectivity index is 1.60. The molecule has 0 saturated carbocycles. The van der Waals surface area contributed by atoms with Crippen molar-refractivity contribution in [3.05, 3.63) is 29.3 Å². The summed E-state index contributed by atoms with van der Waals surface area (Å²) in [5, 5.41) is 8.68. The number of benzene rings is 1. The van der Waals surface area contributed by atoms with E-state index in [0.717, 1.165) is 19.3 Å². The van der Waals surface area contributed by atoms with E-state index in [4.69, 9.17) is 5.11 Å². The van der Waals surface area contributed by atoms with E-state index in [1.807, 2.05) is 12.1 Å². The lowest BCUT2D eigenvalue weighted by Gasteiger charge is -2.34. The molecule has 0 atom stereocenters. The van der Waals surface area contributed by atoms with Crippen molar-refractivity contribution in [1.82, 2.24) is 9.21 Å². The maximum atomic E-state index is 12.8. The first-order valence-corrected chi connectivity index (χ1v) is 9.97. The molecule has 1 saturated heterocycles. The van der Waals surface area contributed by atoms with Gasteiger partial charge in [-0.05, 0) is 55.5 Å². The number of aliphatic carboxylic acids is 1. The molecule has 0 aromatic heterocycles. The highest BCUT2D eigenvalue weighted by Crippen LogP contribution is 2.26. The van der Waals surface area contributed by atoms with Gasteiger partial charge >= 0.3 is 5.97 Å². The zero-order valence-electron chi connectivity index (χ0n) is 13.8. The molecule has 1 aliphatic carbocycles. The molecule has 0 bridgehead atoms. The van der Waals surface area contributed by atoms with Crippen molar-refractivity contribution in [2.45, 2.75) is 37.0 Å². The van der Waals surface area contributed by atoms with E-state index in [0.29, 0.717) is 44.0 Å². The number of fused-ring (bicyclic) bond motifs is 1. The number of rotatable bonds is 6. The third-order valence-electron chi connectivity index (χ3n) is 4.90. The Hall–Kier alpha value is -1.44. The summed E-state index contributed by atoms with van der Waals surface area (Å²) in [6, 6.07) is 5.53.